The zero-order valence-electron chi connectivity index (χ0n) is 12.9. The highest BCUT2D eigenvalue weighted by molar-refractivity contribution is 9.13. The molecule has 4 rings (SSSR count). The van der Waals surface area contributed by atoms with Crippen LogP contribution in [-0.2, 0) is 6.54 Å². The van der Waals surface area contributed by atoms with Crippen LogP contribution in [0.5, 0.6) is 0 Å². The van der Waals surface area contributed by atoms with E-state index in [1.807, 2.05) is 6.07 Å². The first-order valence-corrected chi connectivity index (χ1v) is 9.63. The molecule has 1 aromatic heterocycles. The molecule has 24 heavy (non-hydrogen) atoms. The van der Waals surface area contributed by atoms with Crippen LogP contribution in [0.15, 0.2) is 15.0 Å². The maximum Gasteiger partial charge on any atom is 0.312 e. The number of nitrogens with zero attached hydrogens (tertiary/aromatic N) is 3. The van der Waals surface area contributed by atoms with E-state index < -0.39 is 0 Å². The molecule has 1 aliphatic carbocycles. The fourth-order valence-corrected chi connectivity index (χ4v) is 4.02. The van der Waals surface area contributed by atoms with E-state index in [0.717, 1.165) is 37.5 Å². The Morgan fingerprint density at radius 1 is 1.42 bits per heavy atom. The minimum atomic E-state index is -0.369. The molecule has 1 atom stereocenters. The largest absolute Gasteiger partial charge is 0.352 e. The highest BCUT2D eigenvalue weighted by Gasteiger charge is 2.30. The molecule has 1 aliphatic heterocycles. The summed E-state index contributed by atoms with van der Waals surface area (Å²) in [7, 11) is 0. The number of nitro groups is 1. The van der Waals surface area contributed by atoms with Gasteiger partial charge in [-0.05, 0) is 69.7 Å². The lowest BCUT2D eigenvalue weighted by Crippen LogP contribution is -2.24. The predicted molar refractivity (Wildman–Crippen MR) is 99.4 cm³/mol. The third-order valence-corrected chi connectivity index (χ3v) is 6.59. The van der Waals surface area contributed by atoms with Gasteiger partial charge in [-0.3, -0.25) is 10.1 Å². The molecule has 7 nitrogen and oxygen atoms in total. The summed E-state index contributed by atoms with van der Waals surface area (Å²) >= 11 is 6.75. The number of imidazole rings is 1. The number of hydrogen-bond donors (Lipinski definition) is 2. The van der Waals surface area contributed by atoms with Gasteiger partial charge in [-0.25, -0.2) is 4.98 Å². The standard InChI is InChI=1S/C15H17Br2N5O2/c16-10-5-11-13(14(12(10)17)22(23)24)20-15(19-9-3-4-18-6-9)21(11)7-8-1-2-8/h5,8-9,18H,1-4,6-7H2,(H,19,20)/t9-/m0/s1. The van der Waals surface area contributed by atoms with Crippen LogP contribution in [0, 0.1) is 16.0 Å². The average Bonchev–Trinajstić information content (AvgIpc) is 3.10. The molecule has 1 saturated heterocycles. The second kappa shape index (κ2) is 6.27. The molecule has 0 amide bonds. The predicted octanol–water partition coefficient (Wildman–Crippen LogP) is 3.65. The molecule has 2 N–H and O–H groups in total. The second-order valence-electron chi connectivity index (χ2n) is 6.47. The topological polar surface area (TPSA) is 85.0 Å². The van der Waals surface area contributed by atoms with Crippen molar-refractivity contribution in [2.45, 2.75) is 31.8 Å². The van der Waals surface area contributed by atoms with E-state index in [2.05, 4.69) is 52.0 Å². The molecule has 0 bridgehead atoms. The number of hydrogen-bond acceptors (Lipinski definition) is 5. The first kappa shape index (κ1) is 16.3. The van der Waals surface area contributed by atoms with Crippen LogP contribution < -0.4 is 10.6 Å². The lowest BCUT2D eigenvalue weighted by atomic mass is 10.2. The minimum absolute atomic E-state index is 0.0153. The number of anilines is 1. The fourth-order valence-electron chi connectivity index (χ4n) is 3.17. The Hall–Kier alpha value is -1.19. The summed E-state index contributed by atoms with van der Waals surface area (Å²) in [5.74, 6) is 1.38. The van der Waals surface area contributed by atoms with Gasteiger partial charge in [-0.2, -0.15) is 0 Å². The third kappa shape index (κ3) is 2.93. The van der Waals surface area contributed by atoms with Crippen LogP contribution in [-0.4, -0.2) is 33.6 Å². The van der Waals surface area contributed by atoms with E-state index in [1.54, 1.807) is 0 Å². The summed E-state index contributed by atoms with van der Waals surface area (Å²) in [5, 5.41) is 18.4. The van der Waals surface area contributed by atoms with Gasteiger partial charge >= 0.3 is 5.69 Å². The Balaban J connectivity index is 1.86. The van der Waals surface area contributed by atoms with Crippen molar-refractivity contribution in [2.75, 3.05) is 18.4 Å². The Kier molecular flexibility index (Phi) is 4.26. The molecule has 2 aliphatic rings. The van der Waals surface area contributed by atoms with Crippen LogP contribution in [0.4, 0.5) is 11.6 Å². The van der Waals surface area contributed by atoms with Crippen molar-refractivity contribution >= 4 is 54.5 Å². The molecule has 0 radical (unpaired) electrons. The number of nitro benzene ring substituents is 1. The van der Waals surface area contributed by atoms with Gasteiger partial charge in [0, 0.05) is 23.6 Å². The van der Waals surface area contributed by atoms with Gasteiger partial charge in [0.05, 0.1) is 10.4 Å². The Morgan fingerprint density at radius 3 is 2.83 bits per heavy atom. The lowest BCUT2D eigenvalue weighted by molar-refractivity contribution is -0.384. The lowest BCUT2D eigenvalue weighted by Gasteiger charge is -2.14. The van der Waals surface area contributed by atoms with E-state index in [4.69, 9.17) is 0 Å². The number of fused-ring (bicyclic) bond motifs is 1. The first-order valence-electron chi connectivity index (χ1n) is 8.04. The van der Waals surface area contributed by atoms with Crippen molar-refractivity contribution in [3.8, 4) is 0 Å². The van der Waals surface area contributed by atoms with Crippen molar-refractivity contribution < 1.29 is 4.92 Å². The van der Waals surface area contributed by atoms with Crippen LogP contribution in [0.3, 0.4) is 0 Å². The molecule has 1 saturated carbocycles. The van der Waals surface area contributed by atoms with Crippen LogP contribution in [0.25, 0.3) is 11.0 Å². The summed E-state index contributed by atoms with van der Waals surface area (Å²) in [6.45, 7) is 2.73. The molecule has 9 heteroatoms. The highest BCUT2D eigenvalue weighted by atomic mass is 79.9. The molecular formula is C15H17Br2N5O2. The minimum Gasteiger partial charge on any atom is -0.352 e. The summed E-state index contributed by atoms with van der Waals surface area (Å²) in [5.41, 5.74) is 1.25. The number of aromatic nitrogens is 2. The van der Waals surface area contributed by atoms with Gasteiger partial charge in [0.15, 0.2) is 5.52 Å². The number of rotatable bonds is 5. The van der Waals surface area contributed by atoms with E-state index in [1.165, 1.54) is 12.8 Å². The number of nitrogens with one attached hydrogen (secondary N) is 2. The normalized spacial score (nSPS) is 20.7. The zero-order valence-corrected chi connectivity index (χ0v) is 16.1. The molecule has 1 aromatic carbocycles. The van der Waals surface area contributed by atoms with Gasteiger partial charge in [-0.1, -0.05) is 0 Å². The summed E-state index contributed by atoms with van der Waals surface area (Å²) in [6, 6.07) is 2.23. The number of benzene rings is 1. The maximum atomic E-state index is 11.6. The van der Waals surface area contributed by atoms with Gasteiger partial charge in [0.1, 0.15) is 4.47 Å². The van der Waals surface area contributed by atoms with Crippen LogP contribution in [0.1, 0.15) is 19.3 Å². The molecule has 128 valence electrons. The SMILES string of the molecule is O=[N+]([O-])c1c(Br)c(Br)cc2c1nc(N[C@H]1CCNC1)n2CC1CC1. The smallest absolute Gasteiger partial charge is 0.312 e. The maximum absolute atomic E-state index is 11.6. The average molecular weight is 459 g/mol. The van der Waals surface area contributed by atoms with E-state index in [0.29, 0.717) is 26.4 Å². The Morgan fingerprint density at radius 2 is 2.21 bits per heavy atom. The first-order chi connectivity index (χ1) is 11.5. The molecule has 0 unspecified atom stereocenters. The molecule has 2 heterocycles. The highest BCUT2D eigenvalue weighted by Crippen LogP contribution is 2.41. The monoisotopic (exact) mass is 457 g/mol. The van der Waals surface area contributed by atoms with Gasteiger partial charge in [-0.15, -0.1) is 0 Å². The van der Waals surface area contributed by atoms with Gasteiger partial charge < -0.3 is 15.2 Å². The zero-order chi connectivity index (χ0) is 16.8. The van der Waals surface area contributed by atoms with Crippen molar-refractivity contribution in [1.82, 2.24) is 14.9 Å². The summed E-state index contributed by atoms with van der Waals surface area (Å²) < 4.78 is 3.22. The summed E-state index contributed by atoms with van der Waals surface area (Å²) in [4.78, 5) is 15.8. The van der Waals surface area contributed by atoms with Crippen LogP contribution in [0.2, 0.25) is 0 Å². The van der Waals surface area contributed by atoms with Crippen molar-refractivity contribution in [2.24, 2.45) is 5.92 Å². The van der Waals surface area contributed by atoms with E-state index in [9.17, 15) is 10.1 Å². The fraction of sp³-hybridized carbons (Fsp3) is 0.533. The third-order valence-electron chi connectivity index (χ3n) is 4.63. The molecular weight excluding hydrogens is 442 g/mol. The number of halogens is 2. The Bertz CT molecular complexity index is 812. The molecule has 2 fully saturated rings. The molecule has 0 spiro atoms. The summed E-state index contributed by atoms with van der Waals surface area (Å²) in [6.07, 6.45) is 3.45. The van der Waals surface area contributed by atoms with E-state index in [-0.39, 0.29) is 10.6 Å². The van der Waals surface area contributed by atoms with Crippen molar-refractivity contribution in [3.05, 3.63) is 25.1 Å². The van der Waals surface area contributed by atoms with E-state index >= 15 is 0 Å². The van der Waals surface area contributed by atoms with Gasteiger partial charge in [0.2, 0.25) is 5.95 Å². The van der Waals surface area contributed by atoms with Crippen molar-refractivity contribution in [1.29, 1.82) is 0 Å². The van der Waals surface area contributed by atoms with Crippen molar-refractivity contribution in [3.63, 3.8) is 0 Å². The second-order valence-corrected chi connectivity index (χ2v) is 8.12. The van der Waals surface area contributed by atoms with Crippen LogP contribution >= 0.6 is 31.9 Å². The Labute approximate surface area is 155 Å². The molecule has 2 aromatic rings. The quantitative estimate of drug-likeness (QED) is 0.527. The van der Waals surface area contributed by atoms with Gasteiger partial charge in [0.25, 0.3) is 0 Å².